The van der Waals surface area contributed by atoms with Crippen molar-refractivity contribution in [3.63, 3.8) is 0 Å². The lowest BCUT2D eigenvalue weighted by molar-refractivity contribution is -0.128. The number of hydrogen-bond acceptors (Lipinski definition) is 1. The first-order valence-corrected chi connectivity index (χ1v) is 4.64. The second-order valence-electron chi connectivity index (χ2n) is 2.70. The molecule has 0 fully saturated rings. The lowest BCUT2D eigenvalue weighted by atomic mass is 10.2. The number of unbranched alkanes of at least 4 members (excludes halogenated alkanes) is 3. The molecule has 0 saturated carbocycles. The van der Waals surface area contributed by atoms with Crippen LogP contribution >= 0.6 is 11.6 Å². The molecule has 0 radical (unpaired) electrons. The summed E-state index contributed by atoms with van der Waals surface area (Å²) in [5.41, 5.74) is -2.09. The first-order chi connectivity index (χ1) is 5.98. The van der Waals surface area contributed by atoms with Crippen LogP contribution in [0, 0.1) is 0 Å². The van der Waals surface area contributed by atoms with Crippen LogP contribution in [-0.4, -0.2) is 17.9 Å². The molecule has 5 heteroatoms. The van der Waals surface area contributed by atoms with E-state index in [4.69, 9.17) is 11.6 Å². The number of aliphatic imine (C=N–C) groups is 1. The van der Waals surface area contributed by atoms with Crippen LogP contribution in [0.3, 0.4) is 0 Å². The Labute approximate surface area is 81.0 Å². The molecule has 0 aromatic rings. The average molecular weight is 216 g/mol. The summed E-state index contributed by atoms with van der Waals surface area (Å²) in [5, 5.41) is 0. The predicted molar refractivity (Wildman–Crippen MR) is 48.3 cm³/mol. The van der Waals surface area contributed by atoms with E-state index in [0.29, 0.717) is 6.42 Å². The van der Waals surface area contributed by atoms with Crippen molar-refractivity contribution in [2.75, 3.05) is 0 Å². The summed E-state index contributed by atoms with van der Waals surface area (Å²) >= 11 is 4.95. The molecule has 0 aromatic carbocycles. The van der Waals surface area contributed by atoms with Gasteiger partial charge in [-0.1, -0.05) is 31.4 Å². The van der Waals surface area contributed by atoms with Gasteiger partial charge in [0.2, 0.25) is 5.50 Å². The third-order valence-electron chi connectivity index (χ3n) is 1.44. The van der Waals surface area contributed by atoms with Gasteiger partial charge in [0.1, 0.15) is 0 Å². The molecule has 0 saturated heterocycles. The van der Waals surface area contributed by atoms with Crippen molar-refractivity contribution >= 4 is 17.8 Å². The third kappa shape index (κ3) is 6.87. The maximum absolute atomic E-state index is 11.8. The smallest absolute Gasteiger partial charge is 0.269 e. The number of rotatable bonds is 5. The first-order valence-electron chi connectivity index (χ1n) is 4.21. The highest BCUT2D eigenvalue weighted by Gasteiger charge is 2.37. The molecule has 0 heterocycles. The topological polar surface area (TPSA) is 12.4 Å². The second-order valence-corrected chi connectivity index (χ2v) is 3.12. The summed E-state index contributed by atoms with van der Waals surface area (Å²) in [6.07, 6.45) is 0.292. The van der Waals surface area contributed by atoms with E-state index in [0.717, 1.165) is 19.3 Å². The number of hydrogen-bond donors (Lipinski definition) is 0. The van der Waals surface area contributed by atoms with Crippen molar-refractivity contribution < 1.29 is 13.2 Å². The van der Waals surface area contributed by atoms with Crippen molar-refractivity contribution in [1.82, 2.24) is 0 Å². The van der Waals surface area contributed by atoms with Gasteiger partial charge in [-0.25, -0.2) is 0 Å². The zero-order valence-electron chi connectivity index (χ0n) is 7.44. The fraction of sp³-hybridized carbons (Fsp3) is 0.875. The summed E-state index contributed by atoms with van der Waals surface area (Å²) in [5.74, 6) is 0. The van der Waals surface area contributed by atoms with Crippen molar-refractivity contribution in [2.45, 2.75) is 44.3 Å². The molecule has 0 N–H and O–H groups in total. The van der Waals surface area contributed by atoms with Gasteiger partial charge in [0.05, 0.1) is 0 Å². The highest BCUT2D eigenvalue weighted by atomic mass is 35.5. The van der Waals surface area contributed by atoms with Crippen LogP contribution in [-0.2, 0) is 0 Å². The minimum Gasteiger partial charge on any atom is -0.269 e. The predicted octanol–water partition coefficient (Wildman–Crippen LogP) is 3.76. The standard InChI is InChI=1S/C8H13ClF3N/c1-2-3-4-5-6-13-7(9)8(10,11)12/h6-7H,2-5H2,1H3. The zero-order valence-corrected chi connectivity index (χ0v) is 8.20. The molecule has 1 atom stereocenters. The summed E-state index contributed by atoms with van der Waals surface area (Å²) in [6.45, 7) is 2.03. The van der Waals surface area contributed by atoms with Gasteiger partial charge in [0.15, 0.2) is 0 Å². The number of halogens is 4. The summed E-state index contributed by atoms with van der Waals surface area (Å²) in [4.78, 5) is 3.18. The monoisotopic (exact) mass is 215 g/mol. The normalized spacial score (nSPS) is 15.2. The third-order valence-corrected chi connectivity index (χ3v) is 1.80. The molecular formula is C8H13ClF3N. The Bertz CT molecular complexity index is 156. The van der Waals surface area contributed by atoms with Crippen molar-refractivity contribution in [1.29, 1.82) is 0 Å². The zero-order chi connectivity index (χ0) is 10.3. The molecular weight excluding hydrogens is 203 g/mol. The number of nitrogens with zero attached hydrogens (tertiary/aromatic N) is 1. The van der Waals surface area contributed by atoms with Gasteiger partial charge in [-0.05, 0) is 12.8 Å². The molecule has 78 valence electrons. The molecule has 13 heavy (non-hydrogen) atoms. The lowest BCUT2D eigenvalue weighted by Crippen LogP contribution is -2.21. The van der Waals surface area contributed by atoms with Crippen LogP contribution < -0.4 is 0 Å². The minimum atomic E-state index is -4.43. The largest absolute Gasteiger partial charge is 0.424 e. The van der Waals surface area contributed by atoms with E-state index in [9.17, 15) is 13.2 Å². The van der Waals surface area contributed by atoms with Gasteiger partial charge in [0, 0.05) is 6.21 Å². The molecule has 0 spiro atoms. The Balaban J connectivity index is 3.60. The van der Waals surface area contributed by atoms with E-state index in [1.54, 1.807) is 0 Å². The van der Waals surface area contributed by atoms with Crippen LogP contribution in [0.2, 0.25) is 0 Å². The van der Waals surface area contributed by atoms with Crippen LogP contribution in [0.1, 0.15) is 32.6 Å². The maximum Gasteiger partial charge on any atom is 0.424 e. The molecule has 0 amide bonds. The van der Waals surface area contributed by atoms with Gasteiger partial charge in [-0.3, -0.25) is 4.99 Å². The molecule has 0 aliphatic heterocycles. The highest BCUT2D eigenvalue weighted by Crippen LogP contribution is 2.25. The molecule has 1 nitrogen and oxygen atoms in total. The molecule has 0 aliphatic rings. The minimum absolute atomic E-state index is 0.563. The Hall–Kier alpha value is -0.250. The van der Waals surface area contributed by atoms with E-state index in [1.165, 1.54) is 6.21 Å². The van der Waals surface area contributed by atoms with Gasteiger partial charge in [-0.15, -0.1) is 0 Å². The molecule has 0 rings (SSSR count). The van der Waals surface area contributed by atoms with Gasteiger partial charge in [-0.2, -0.15) is 13.2 Å². The Morgan fingerprint density at radius 2 is 2.00 bits per heavy atom. The van der Waals surface area contributed by atoms with Crippen LogP contribution in [0.4, 0.5) is 13.2 Å². The SMILES string of the molecule is CCCCCC=NC(Cl)C(F)(F)F. The molecule has 1 unspecified atom stereocenters. The Morgan fingerprint density at radius 1 is 1.38 bits per heavy atom. The van der Waals surface area contributed by atoms with E-state index >= 15 is 0 Å². The number of alkyl halides is 4. The van der Waals surface area contributed by atoms with Crippen molar-refractivity contribution in [2.24, 2.45) is 4.99 Å². The van der Waals surface area contributed by atoms with Crippen molar-refractivity contribution in [3.05, 3.63) is 0 Å². The fourth-order valence-electron chi connectivity index (χ4n) is 0.737. The summed E-state index contributed by atoms with van der Waals surface area (Å²) in [6, 6.07) is 0. The molecule has 0 bridgehead atoms. The Kier molecular flexibility index (Phi) is 6.12. The van der Waals surface area contributed by atoms with E-state index < -0.39 is 11.7 Å². The van der Waals surface area contributed by atoms with Gasteiger partial charge in [0.25, 0.3) is 0 Å². The average Bonchev–Trinajstić information content (AvgIpc) is 2.02. The summed E-state index contributed by atoms with van der Waals surface area (Å²) < 4.78 is 35.3. The fourth-order valence-corrected chi connectivity index (χ4v) is 0.817. The van der Waals surface area contributed by atoms with E-state index in [1.807, 2.05) is 6.92 Å². The maximum atomic E-state index is 11.8. The molecule has 0 aliphatic carbocycles. The van der Waals surface area contributed by atoms with E-state index in [2.05, 4.69) is 4.99 Å². The Morgan fingerprint density at radius 3 is 2.46 bits per heavy atom. The molecule has 0 aromatic heterocycles. The lowest BCUT2D eigenvalue weighted by Gasteiger charge is -2.07. The van der Waals surface area contributed by atoms with Crippen LogP contribution in [0.15, 0.2) is 4.99 Å². The van der Waals surface area contributed by atoms with Crippen LogP contribution in [0.25, 0.3) is 0 Å². The van der Waals surface area contributed by atoms with Crippen molar-refractivity contribution in [3.8, 4) is 0 Å². The highest BCUT2D eigenvalue weighted by molar-refractivity contribution is 6.21. The second kappa shape index (κ2) is 6.24. The first kappa shape index (κ1) is 12.8. The van der Waals surface area contributed by atoms with E-state index in [-0.39, 0.29) is 0 Å². The quantitative estimate of drug-likeness (QED) is 0.287. The van der Waals surface area contributed by atoms with Crippen LogP contribution in [0.5, 0.6) is 0 Å². The summed E-state index contributed by atoms with van der Waals surface area (Å²) in [7, 11) is 0. The van der Waals surface area contributed by atoms with Gasteiger partial charge >= 0.3 is 6.18 Å². The van der Waals surface area contributed by atoms with Gasteiger partial charge < -0.3 is 0 Å².